The van der Waals surface area contributed by atoms with Crippen molar-refractivity contribution in [1.82, 2.24) is 0 Å². The molecule has 0 unspecified atom stereocenters. The van der Waals surface area contributed by atoms with E-state index in [1.54, 1.807) is 18.9 Å². The Kier molecular flexibility index (Phi) is 4.77. The molecule has 104 valence electrons. The topological polar surface area (TPSA) is 29.5 Å². The molecule has 0 aliphatic rings. The second-order valence-corrected chi connectivity index (χ2v) is 4.61. The largest absolute Gasteiger partial charge is 0.497 e. The fourth-order valence-corrected chi connectivity index (χ4v) is 2.15. The number of carbonyl (C=O) groups is 1. The van der Waals surface area contributed by atoms with Crippen LogP contribution in [-0.4, -0.2) is 19.6 Å². The summed E-state index contributed by atoms with van der Waals surface area (Å²) in [6.07, 6.45) is 0.797. The molecule has 0 aliphatic carbocycles. The van der Waals surface area contributed by atoms with Gasteiger partial charge < -0.3 is 9.64 Å². The second kappa shape index (κ2) is 6.75. The fraction of sp³-hybridized carbons (Fsp3) is 0.235. The molecule has 2 aromatic rings. The predicted octanol–water partition coefficient (Wildman–Crippen LogP) is 3.29. The third kappa shape index (κ3) is 3.60. The van der Waals surface area contributed by atoms with E-state index in [9.17, 15) is 4.79 Å². The van der Waals surface area contributed by atoms with Crippen molar-refractivity contribution in [2.24, 2.45) is 0 Å². The number of ether oxygens (including phenoxy) is 1. The van der Waals surface area contributed by atoms with E-state index in [0.717, 1.165) is 23.4 Å². The van der Waals surface area contributed by atoms with Gasteiger partial charge in [0, 0.05) is 19.2 Å². The van der Waals surface area contributed by atoms with Crippen LogP contribution in [0.3, 0.4) is 0 Å². The van der Waals surface area contributed by atoms with Crippen LogP contribution in [0.25, 0.3) is 0 Å². The molecule has 20 heavy (non-hydrogen) atoms. The van der Waals surface area contributed by atoms with E-state index in [0.29, 0.717) is 6.54 Å². The number of rotatable bonds is 5. The van der Waals surface area contributed by atoms with E-state index < -0.39 is 0 Å². The fourth-order valence-electron chi connectivity index (χ4n) is 2.15. The van der Waals surface area contributed by atoms with Gasteiger partial charge in [0.25, 0.3) is 0 Å². The summed E-state index contributed by atoms with van der Waals surface area (Å²) in [5, 5.41) is 0. The molecule has 2 rings (SSSR count). The lowest BCUT2D eigenvalue weighted by Gasteiger charge is -2.21. The molecule has 0 fully saturated rings. The Morgan fingerprint density at radius 1 is 1.10 bits per heavy atom. The summed E-state index contributed by atoms with van der Waals surface area (Å²) in [7, 11) is 1.66. The van der Waals surface area contributed by atoms with E-state index in [-0.39, 0.29) is 5.91 Å². The van der Waals surface area contributed by atoms with Crippen LogP contribution in [-0.2, 0) is 11.2 Å². The quantitative estimate of drug-likeness (QED) is 0.833. The van der Waals surface area contributed by atoms with Crippen molar-refractivity contribution in [3.8, 4) is 5.75 Å². The number of benzene rings is 2. The Balaban J connectivity index is 2.08. The molecule has 3 nitrogen and oxygen atoms in total. The standard InChI is InChI=1S/C17H19NO2/c1-14(19)18(16-8-4-3-5-9-16)12-11-15-7-6-10-17(13-15)20-2/h3-10,13H,11-12H2,1-2H3. The third-order valence-corrected chi connectivity index (χ3v) is 3.21. The van der Waals surface area contributed by atoms with Crippen LogP contribution < -0.4 is 9.64 Å². The van der Waals surface area contributed by atoms with Gasteiger partial charge in [-0.1, -0.05) is 30.3 Å². The van der Waals surface area contributed by atoms with Crippen molar-refractivity contribution >= 4 is 11.6 Å². The first-order chi connectivity index (χ1) is 9.70. The zero-order chi connectivity index (χ0) is 14.4. The molecule has 0 saturated heterocycles. The predicted molar refractivity (Wildman–Crippen MR) is 81.2 cm³/mol. The van der Waals surface area contributed by atoms with Crippen LogP contribution in [0.1, 0.15) is 12.5 Å². The van der Waals surface area contributed by atoms with Gasteiger partial charge in [-0.05, 0) is 36.2 Å². The summed E-state index contributed by atoms with van der Waals surface area (Å²) < 4.78 is 5.21. The molecule has 0 atom stereocenters. The van der Waals surface area contributed by atoms with E-state index in [1.165, 1.54) is 0 Å². The normalized spacial score (nSPS) is 10.1. The molecule has 1 amide bonds. The first kappa shape index (κ1) is 14.1. The van der Waals surface area contributed by atoms with Crippen LogP contribution in [0.5, 0.6) is 5.75 Å². The highest BCUT2D eigenvalue weighted by atomic mass is 16.5. The molecular weight excluding hydrogens is 250 g/mol. The van der Waals surface area contributed by atoms with Gasteiger partial charge in [-0.25, -0.2) is 0 Å². The van der Waals surface area contributed by atoms with E-state index in [2.05, 4.69) is 0 Å². The maximum Gasteiger partial charge on any atom is 0.223 e. The second-order valence-electron chi connectivity index (χ2n) is 4.61. The summed E-state index contributed by atoms with van der Waals surface area (Å²) >= 11 is 0. The number of anilines is 1. The summed E-state index contributed by atoms with van der Waals surface area (Å²) in [6.45, 7) is 2.26. The first-order valence-electron chi connectivity index (χ1n) is 6.67. The molecule has 0 radical (unpaired) electrons. The van der Waals surface area contributed by atoms with Crippen LogP contribution in [0.4, 0.5) is 5.69 Å². The van der Waals surface area contributed by atoms with Gasteiger partial charge in [-0.3, -0.25) is 4.79 Å². The van der Waals surface area contributed by atoms with E-state index >= 15 is 0 Å². The zero-order valence-electron chi connectivity index (χ0n) is 11.9. The SMILES string of the molecule is COc1cccc(CCN(C(C)=O)c2ccccc2)c1. The Labute approximate surface area is 119 Å². The molecular formula is C17H19NO2. The monoisotopic (exact) mass is 269 g/mol. The van der Waals surface area contributed by atoms with Gasteiger partial charge in [0.15, 0.2) is 0 Å². The highest BCUT2D eigenvalue weighted by molar-refractivity contribution is 5.91. The molecule has 2 aromatic carbocycles. The van der Waals surface area contributed by atoms with Gasteiger partial charge in [0.05, 0.1) is 7.11 Å². The number of para-hydroxylation sites is 1. The van der Waals surface area contributed by atoms with Crippen LogP contribution in [0.2, 0.25) is 0 Å². The summed E-state index contributed by atoms with van der Waals surface area (Å²) in [4.78, 5) is 13.6. The third-order valence-electron chi connectivity index (χ3n) is 3.21. The van der Waals surface area contributed by atoms with Gasteiger partial charge in [-0.15, -0.1) is 0 Å². The Hall–Kier alpha value is -2.29. The molecule has 3 heteroatoms. The highest BCUT2D eigenvalue weighted by Gasteiger charge is 2.10. The van der Waals surface area contributed by atoms with Crippen LogP contribution in [0.15, 0.2) is 54.6 Å². The first-order valence-corrected chi connectivity index (χ1v) is 6.67. The van der Waals surface area contributed by atoms with Crippen LogP contribution in [0, 0.1) is 0 Å². The lowest BCUT2D eigenvalue weighted by Crippen LogP contribution is -2.30. The smallest absolute Gasteiger partial charge is 0.223 e. The zero-order valence-corrected chi connectivity index (χ0v) is 11.9. The van der Waals surface area contributed by atoms with Gasteiger partial charge in [-0.2, -0.15) is 0 Å². The van der Waals surface area contributed by atoms with E-state index in [4.69, 9.17) is 4.74 Å². The molecule has 0 spiro atoms. The van der Waals surface area contributed by atoms with Gasteiger partial charge >= 0.3 is 0 Å². The van der Waals surface area contributed by atoms with Gasteiger partial charge in [0.1, 0.15) is 5.75 Å². The highest BCUT2D eigenvalue weighted by Crippen LogP contribution is 2.16. The molecule has 0 aromatic heterocycles. The molecule has 0 N–H and O–H groups in total. The molecule has 0 aliphatic heterocycles. The number of methoxy groups -OCH3 is 1. The minimum atomic E-state index is 0.0547. The minimum absolute atomic E-state index is 0.0547. The van der Waals surface area contributed by atoms with Crippen molar-refractivity contribution in [3.05, 3.63) is 60.2 Å². The molecule has 0 heterocycles. The van der Waals surface area contributed by atoms with Crippen molar-refractivity contribution in [3.63, 3.8) is 0 Å². The summed E-state index contributed by atoms with van der Waals surface area (Å²) in [5.41, 5.74) is 2.09. The van der Waals surface area contributed by atoms with Crippen molar-refractivity contribution in [2.45, 2.75) is 13.3 Å². The average molecular weight is 269 g/mol. The average Bonchev–Trinajstić information content (AvgIpc) is 2.48. The Bertz CT molecular complexity index is 566. The molecule has 0 bridgehead atoms. The lowest BCUT2D eigenvalue weighted by atomic mass is 10.1. The number of hydrogen-bond acceptors (Lipinski definition) is 2. The summed E-state index contributed by atoms with van der Waals surface area (Å²) in [6, 6.07) is 17.7. The van der Waals surface area contributed by atoms with Gasteiger partial charge in [0.2, 0.25) is 5.91 Å². The maximum absolute atomic E-state index is 11.8. The lowest BCUT2D eigenvalue weighted by molar-refractivity contribution is -0.116. The summed E-state index contributed by atoms with van der Waals surface area (Å²) in [5.74, 6) is 0.899. The minimum Gasteiger partial charge on any atom is -0.497 e. The van der Waals surface area contributed by atoms with E-state index in [1.807, 2.05) is 54.6 Å². The van der Waals surface area contributed by atoms with Crippen molar-refractivity contribution in [2.75, 3.05) is 18.6 Å². The maximum atomic E-state index is 11.8. The Morgan fingerprint density at radius 3 is 2.50 bits per heavy atom. The van der Waals surface area contributed by atoms with Crippen molar-refractivity contribution in [1.29, 1.82) is 0 Å². The molecule has 0 saturated carbocycles. The Morgan fingerprint density at radius 2 is 1.85 bits per heavy atom. The van der Waals surface area contributed by atoms with Crippen molar-refractivity contribution < 1.29 is 9.53 Å². The number of nitrogens with zero attached hydrogens (tertiary/aromatic N) is 1. The van der Waals surface area contributed by atoms with Crippen LogP contribution >= 0.6 is 0 Å². The number of amides is 1. The number of hydrogen-bond donors (Lipinski definition) is 0. The number of carbonyl (C=O) groups excluding carboxylic acids is 1.